The van der Waals surface area contributed by atoms with Gasteiger partial charge in [-0.15, -0.1) is 0 Å². The van der Waals surface area contributed by atoms with Crippen molar-refractivity contribution in [2.45, 2.75) is 39.0 Å². The van der Waals surface area contributed by atoms with Gasteiger partial charge in [-0.3, -0.25) is 4.79 Å². The van der Waals surface area contributed by atoms with Crippen LogP contribution in [0.15, 0.2) is 23.3 Å². The number of hydrogen-bond donors (Lipinski definition) is 1. The number of amides is 1. The molecule has 0 aliphatic heterocycles. The van der Waals surface area contributed by atoms with Gasteiger partial charge in [0.2, 0.25) is 0 Å². The van der Waals surface area contributed by atoms with Crippen LogP contribution in [0.3, 0.4) is 0 Å². The zero-order chi connectivity index (χ0) is 14.4. The molecule has 0 atom stereocenters. The van der Waals surface area contributed by atoms with Gasteiger partial charge in [0.05, 0.1) is 0 Å². The molecule has 1 aromatic rings. The van der Waals surface area contributed by atoms with Crippen LogP contribution >= 0.6 is 11.6 Å². The highest BCUT2D eigenvalue weighted by Gasteiger charge is 2.08. The lowest BCUT2D eigenvalue weighted by molar-refractivity contribution is -0.123. The van der Waals surface area contributed by atoms with Crippen molar-refractivity contribution in [1.82, 2.24) is 5.43 Å². The number of nitrogens with zero attached hydrogens (tertiary/aromatic N) is 1. The highest BCUT2D eigenvalue weighted by molar-refractivity contribution is 6.30. The van der Waals surface area contributed by atoms with Crippen LogP contribution in [0.5, 0.6) is 5.75 Å². The molecule has 0 bridgehead atoms. The summed E-state index contributed by atoms with van der Waals surface area (Å²) in [5.74, 6) is 0.423. The van der Waals surface area contributed by atoms with E-state index in [9.17, 15) is 4.79 Å². The van der Waals surface area contributed by atoms with Crippen LogP contribution < -0.4 is 10.2 Å². The third-order valence-corrected chi connectivity index (χ3v) is 3.50. The molecule has 1 aromatic carbocycles. The summed E-state index contributed by atoms with van der Waals surface area (Å²) in [5, 5.41) is 4.80. The van der Waals surface area contributed by atoms with Gasteiger partial charge in [-0.25, -0.2) is 5.43 Å². The lowest BCUT2D eigenvalue weighted by Gasteiger charge is -2.12. The van der Waals surface area contributed by atoms with Crippen molar-refractivity contribution in [1.29, 1.82) is 0 Å². The first-order valence-corrected chi connectivity index (χ1v) is 7.26. The molecule has 0 heterocycles. The summed E-state index contributed by atoms with van der Waals surface area (Å²) in [6.45, 7) is 1.85. The van der Waals surface area contributed by atoms with E-state index in [-0.39, 0.29) is 12.5 Å². The summed E-state index contributed by atoms with van der Waals surface area (Å²) in [5.41, 5.74) is 4.53. The monoisotopic (exact) mass is 294 g/mol. The number of carbonyl (C=O) groups is 1. The predicted octanol–water partition coefficient (Wildman–Crippen LogP) is 3.46. The van der Waals surface area contributed by atoms with Crippen molar-refractivity contribution >= 4 is 23.2 Å². The zero-order valence-electron chi connectivity index (χ0n) is 11.6. The number of hydrogen-bond acceptors (Lipinski definition) is 3. The number of hydrazone groups is 1. The maximum Gasteiger partial charge on any atom is 0.277 e. The molecule has 0 aromatic heterocycles. The first-order valence-electron chi connectivity index (χ1n) is 6.88. The second kappa shape index (κ2) is 7.29. The average molecular weight is 295 g/mol. The van der Waals surface area contributed by atoms with E-state index in [0.29, 0.717) is 10.8 Å². The molecule has 20 heavy (non-hydrogen) atoms. The van der Waals surface area contributed by atoms with Crippen molar-refractivity contribution in [3.05, 3.63) is 28.8 Å². The minimum atomic E-state index is -0.238. The van der Waals surface area contributed by atoms with Gasteiger partial charge >= 0.3 is 0 Å². The summed E-state index contributed by atoms with van der Waals surface area (Å²) in [6, 6.07) is 5.30. The Kier molecular flexibility index (Phi) is 5.41. The second-order valence-corrected chi connectivity index (χ2v) is 5.41. The van der Waals surface area contributed by atoms with Gasteiger partial charge in [-0.2, -0.15) is 5.10 Å². The van der Waals surface area contributed by atoms with Gasteiger partial charge in [-0.05, 0) is 56.4 Å². The van der Waals surface area contributed by atoms with Crippen molar-refractivity contribution < 1.29 is 9.53 Å². The Labute approximate surface area is 124 Å². The van der Waals surface area contributed by atoms with Crippen LogP contribution in [-0.2, 0) is 4.79 Å². The van der Waals surface area contributed by atoms with Crippen LogP contribution in [0.1, 0.15) is 37.7 Å². The van der Waals surface area contributed by atoms with E-state index >= 15 is 0 Å². The lowest BCUT2D eigenvalue weighted by Crippen LogP contribution is -2.26. The van der Waals surface area contributed by atoms with Crippen molar-refractivity contribution in [3.8, 4) is 5.75 Å². The Hall–Kier alpha value is -1.55. The van der Waals surface area contributed by atoms with Gasteiger partial charge in [0.1, 0.15) is 5.75 Å². The normalized spacial score (nSPS) is 14.8. The van der Waals surface area contributed by atoms with Gasteiger partial charge in [0.25, 0.3) is 5.91 Å². The van der Waals surface area contributed by atoms with E-state index in [1.165, 1.54) is 6.42 Å². The molecule has 0 radical (unpaired) electrons. The molecule has 0 unspecified atom stereocenters. The Balaban J connectivity index is 1.80. The van der Waals surface area contributed by atoms with Crippen LogP contribution in [0.2, 0.25) is 5.02 Å². The third kappa shape index (κ3) is 4.53. The maximum absolute atomic E-state index is 11.7. The minimum absolute atomic E-state index is 0.0424. The highest BCUT2D eigenvalue weighted by atomic mass is 35.5. The fourth-order valence-electron chi connectivity index (χ4n) is 2.16. The number of aryl methyl sites for hydroxylation is 1. The summed E-state index contributed by atoms with van der Waals surface area (Å²) >= 11 is 5.86. The molecule has 2 rings (SSSR count). The topological polar surface area (TPSA) is 50.7 Å². The molecule has 1 aliphatic rings. The van der Waals surface area contributed by atoms with E-state index in [2.05, 4.69) is 10.5 Å². The van der Waals surface area contributed by atoms with E-state index < -0.39 is 0 Å². The molecule has 5 heteroatoms. The molecule has 4 nitrogen and oxygen atoms in total. The van der Waals surface area contributed by atoms with Gasteiger partial charge in [-0.1, -0.05) is 18.0 Å². The Bertz CT molecular complexity index is 507. The SMILES string of the molecule is Cc1cc(Cl)ccc1OCC(=O)NN=C1CCCCC1. The maximum atomic E-state index is 11.7. The molecule has 1 aliphatic carbocycles. The minimum Gasteiger partial charge on any atom is -0.483 e. The van der Waals surface area contributed by atoms with Gasteiger partial charge in [0.15, 0.2) is 6.61 Å². The third-order valence-electron chi connectivity index (χ3n) is 3.27. The van der Waals surface area contributed by atoms with Gasteiger partial charge < -0.3 is 4.74 Å². The number of carbonyl (C=O) groups excluding carboxylic acids is 1. The summed E-state index contributed by atoms with van der Waals surface area (Å²) in [6.07, 6.45) is 5.55. The zero-order valence-corrected chi connectivity index (χ0v) is 12.4. The summed E-state index contributed by atoms with van der Waals surface area (Å²) in [7, 11) is 0. The smallest absolute Gasteiger partial charge is 0.277 e. The number of nitrogens with one attached hydrogen (secondary N) is 1. The van der Waals surface area contributed by atoms with Crippen molar-refractivity contribution in [2.75, 3.05) is 6.61 Å². The summed E-state index contributed by atoms with van der Waals surface area (Å²) in [4.78, 5) is 11.7. The van der Waals surface area contributed by atoms with Crippen molar-refractivity contribution in [3.63, 3.8) is 0 Å². The first-order chi connectivity index (χ1) is 9.65. The molecule has 0 saturated heterocycles. The number of rotatable bonds is 4. The highest BCUT2D eigenvalue weighted by Crippen LogP contribution is 2.21. The average Bonchev–Trinajstić information content (AvgIpc) is 2.45. The quantitative estimate of drug-likeness (QED) is 0.865. The van der Waals surface area contributed by atoms with E-state index in [0.717, 1.165) is 37.0 Å². The van der Waals surface area contributed by atoms with Crippen LogP contribution in [-0.4, -0.2) is 18.2 Å². The molecule has 1 N–H and O–H groups in total. The molecule has 1 saturated carbocycles. The second-order valence-electron chi connectivity index (χ2n) is 4.97. The lowest BCUT2D eigenvalue weighted by atomic mass is 9.99. The van der Waals surface area contributed by atoms with E-state index in [1.807, 2.05) is 6.92 Å². The molecular formula is C15H19ClN2O2. The van der Waals surface area contributed by atoms with Crippen LogP contribution in [0.4, 0.5) is 0 Å². The van der Waals surface area contributed by atoms with E-state index in [4.69, 9.17) is 16.3 Å². The fourth-order valence-corrected chi connectivity index (χ4v) is 2.39. The van der Waals surface area contributed by atoms with Gasteiger partial charge in [0, 0.05) is 10.7 Å². The molecular weight excluding hydrogens is 276 g/mol. The fraction of sp³-hybridized carbons (Fsp3) is 0.467. The standard InChI is InChI=1S/C15H19ClN2O2/c1-11-9-12(16)7-8-14(11)20-10-15(19)18-17-13-5-3-2-4-6-13/h7-9H,2-6,10H2,1H3,(H,18,19). The van der Waals surface area contributed by atoms with Crippen LogP contribution in [0.25, 0.3) is 0 Å². The van der Waals surface area contributed by atoms with Crippen LogP contribution in [0, 0.1) is 6.92 Å². The number of benzene rings is 1. The molecule has 1 amide bonds. The Morgan fingerprint density at radius 2 is 2.10 bits per heavy atom. The Morgan fingerprint density at radius 1 is 1.35 bits per heavy atom. The Morgan fingerprint density at radius 3 is 2.80 bits per heavy atom. The largest absolute Gasteiger partial charge is 0.483 e. The molecule has 1 fully saturated rings. The van der Waals surface area contributed by atoms with E-state index in [1.54, 1.807) is 18.2 Å². The van der Waals surface area contributed by atoms with Crippen molar-refractivity contribution in [2.24, 2.45) is 5.10 Å². The summed E-state index contributed by atoms with van der Waals surface area (Å²) < 4.78 is 5.45. The predicted molar refractivity (Wildman–Crippen MR) is 80.3 cm³/mol. The number of halogens is 1. The number of ether oxygens (including phenoxy) is 1. The molecule has 108 valence electrons. The first kappa shape index (κ1) is 14.9. The molecule has 0 spiro atoms.